The Labute approximate surface area is 229 Å². The van der Waals surface area contributed by atoms with E-state index in [1.54, 1.807) is 0 Å². The molecule has 0 aliphatic carbocycles. The summed E-state index contributed by atoms with van der Waals surface area (Å²) in [5.74, 6) is -0.840. The minimum Gasteiger partial charge on any atom is -1.00 e. The molecule has 3 aromatic carbocycles. The van der Waals surface area contributed by atoms with Gasteiger partial charge in [-0.15, -0.1) is 0 Å². The molecule has 38 heavy (non-hydrogen) atoms. The first-order valence-corrected chi connectivity index (χ1v) is 14.2. The first-order chi connectivity index (χ1) is 17.2. The minimum atomic E-state index is -5.03. The number of halogens is 7. The Morgan fingerprint density at radius 3 is 1.58 bits per heavy atom. The average molecular weight is 620 g/mol. The van der Waals surface area contributed by atoms with Gasteiger partial charge in [-0.25, -0.2) is 0 Å². The number of nitrogens with one attached hydrogen (secondary N) is 1. The highest BCUT2D eigenvalue weighted by Gasteiger charge is 2.41. The number of hydrogen-bond donors (Lipinski definition) is 1. The molecule has 10 heteroatoms. The van der Waals surface area contributed by atoms with E-state index >= 15 is 0 Å². The zero-order chi connectivity index (χ0) is 27.4. The van der Waals surface area contributed by atoms with Gasteiger partial charge in [0.05, 0.1) is 47.9 Å². The summed E-state index contributed by atoms with van der Waals surface area (Å²) in [5, 5.41) is 4.94. The van der Waals surface area contributed by atoms with Crippen LogP contribution in [-0.4, -0.2) is 24.8 Å². The normalized spacial score (nSPS) is 13.1. The summed E-state index contributed by atoms with van der Waals surface area (Å²) in [7, 11) is -2.08. The van der Waals surface area contributed by atoms with Gasteiger partial charge in [0.25, 0.3) is 5.91 Å². The number of hydrogen-bond acceptors (Lipinski definition) is 1. The second-order valence-corrected chi connectivity index (χ2v) is 13.4. The number of carbonyl (C=O) groups excluding carboxylic acids is 1. The van der Waals surface area contributed by atoms with Crippen molar-refractivity contribution in [2.24, 2.45) is 5.92 Å². The highest BCUT2D eigenvalue weighted by atomic mass is 79.9. The van der Waals surface area contributed by atoms with E-state index in [1.165, 1.54) is 0 Å². The third-order valence-corrected chi connectivity index (χ3v) is 10.2. The standard InChI is InChI=1S/C28H28F6NOP.BrH/c1-19(2)14-23(18-37(3,24-10-6-4-7-11-24)25-12-8-5-9-13-25)35-26(36)20-15-21(27(29,30)31)17-22(16-20)28(32,33)34;/h4-13,15-17,19,23H,14,18H2,1-3H3;1H/t23-;/m0./s1. The van der Waals surface area contributed by atoms with Gasteiger partial charge >= 0.3 is 12.4 Å². The lowest BCUT2D eigenvalue weighted by Gasteiger charge is -2.29. The Morgan fingerprint density at radius 1 is 0.789 bits per heavy atom. The fourth-order valence-electron chi connectivity index (χ4n) is 4.42. The highest BCUT2D eigenvalue weighted by Crippen LogP contribution is 2.53. The SMILES string of the molecule is CC(C)C[C@@H](C[P+](C)(c1ccccc1)c1ccccc1)NC(=O)c1cc(C(F)(F)F)cc(C(F)(F)F)c1.[Br-]. The first-order valence-electron chi connectivity index (χ1n) is 11.8. The van der Waals surface area contributed by atoms with Crippen molar-refractivity contribution >= 4 is 23.8 Å². The van der Waals surface area contributed by atoms with E-state index in [0.717, 1.165) is 10.6 Å². The molecule has 1 N–H and O–H groups in total. The van der Waals surface area contributed by atoms with Crippen LogP contribution < -0.4 is 32.9 Å². The van der Waals surface area contributed by atoms with E-state index in [9.17, 15) is 31.1 Å². The summed E-state index contributed by atoms with van der Waals surface area (Å²) < 4.78 is 80.0. The molecule has 3 rings (SSSR count). The van der Waals surface area contributed by atoms with Crippen LogP contribution in [0.25, 0.3) is 0 Å². The van der Waals surface area contributed by atoms with Crippen LogP contribution in [0.1, 0.15) is 41.8 Å². The molecule has 0 radical (unpaired) electrons. The fraction of sp³-hybridized carbons (Fsp3) is 0.321. The maximum absolute atomic E-state index is 13.3. The monoisotopic (exact) mass is 619 g/mol. The number of carbonyl (C=O) groups is 1. The first kappa shape index (κ1) is 31.8. The molecule has 1 atom stereocenters. The number of benzene rings is 3. The van der Waals surface area contributed by atoms with E-state index < -0.39 is 48.3 Å². The van der Waals surface area contributed by atoms with Crippen molar-refractivity contribution in [2.45, 2.75) is 38.7 Å². The molecule has 0 aliphatic heterocycles. The predicted octanol–water partition coefficient (Wildman–Crippen LogP) is 4.17. The molecule has 0 unspecified atom stereocenters. The number of rotatable bonds is 8. The van der Waals surface area contributed by atoms with Crippen LogP contribution in [0.15, 0.2) is 78.9 Å². The summed E-state index contributed by atoms with van der Waals surface area (Å²) in [6.45, 7) is 6.03. The number of amides is 1. The van der Waals surface area contributed by atoms with Gasteiger partial charge in [0.2, 0.25) is 0 Å². The molecule has 0 bridgehead atoms. The fourth-order valence-corrected chi connectivity index (χ4v) is 7.92. The van der Waals surface area contributed by atoms with E-state index in [-0.39, 0.29) is 29.0 Å². The molecular formula is C28H29BrF6NOP. The van der Waals surface area contributed by atoms with Gasteiger partial charge in [-0.3, -0.25) is 4.79 Å². The average Bonchev–Trinajstić information content (AvgIpc) is 2.83. The van der Waals surface area contributed by atoms with E-state index in [4.69, 9.17) is 0 Å². The van der Waals surface area contributed by atoms with Crippen molar-refractivity contribution in [3.63, 3.8) is 0 Å². The maximum atomic E-state index is 13.3. The van der Waals surface area contributed by atoms with Gasteiger partial charge in [0.1, 0.15) is 0 Å². The zero-order valence-electron chi connectivity index (χ0n) is 21.1. The Hall–Kier alpha value is -2.38. The summed E-state index contributed by atoms with van der Waals surface area (Å²) in [6.07, 6.45) is -9.06. The molecule has 0 aliphatic rings. The van der Waals surface area contributed by atoms with Crippen molar-refractivity contribution in [3.05, 3.63) is 95.6 Å². The van der Waals surface area contributed by atoms with Crippen LogP contribution in [0.5, 0.6) is 0 Å². The highest BCUT2D eigenvalue weighted by molar-refractivity contribution is 7.89. The zero-order valence-corrected chi connectivity index (χ0v) is 23.6. The van der Waals surface area contributed by atoms with Crippen LogP contribution in [0, 0.1) is 5.92 Å². The van der Waals surface area contributed by atoms with Crippen LogP contribution >= 0.6 is 7.26 Å². The van der Waals surface area contributed by atoms with E-state index in [0.29, 0.717) is 24.7 Å². The molecule has 0 saturated heterocycles. The molecule has 1 amide bonds. The Bertz CT molecular complexity index is 1130. The quantitative estimate of drug-likeness (QED) is 0.298. The number of alkyl halides is 6. The van der Waals surface area contributed by atoms with Gasteiger partial charge < -0.3 is 22.3 Å². The van der Waals surface area contributed by atoms with Crippen molar-refractivity contribution in [1.29, 1.82) is 0 Å². The lowest BCUT2D eigenvalue weighted by atomic mass is 10.0. The van der Waals surface area contributed by atoms with E-state index in [1.807, 2.05) is 74.5 Å². The van der Waals surface area contributed by atoms with Crippen LogP contribution in [-0.2, 0) is 12.4 Å². The summed E-state index contributed by atoms with van der Waals surface area (Å²) in [5.41, 5.74) is -3.70. The predicted molar refractivity (Wildman–Crippen MR) is 137 cm³/mol. The Morgan fingerprint density at radius 2 is 1.21 bits per heavy atom. The summed E-state index contributed by atoms with van der Waals surface area (Å²) in [6, 6.07) is 20.0. The smallest absolute Gasteiger partial charge is 0.416 e. The molecular weight excluding hydrogens is 591 g/mol. The Balaban J connectivity index is 0.00000507. The third kappa shape index (κ3) is 8.06. The van der Waals surface area contributed by atoms with Gasteiger partial charge in [-0.2, -0.15) is 26.3 Å². The second-order valence-electron chi connectivity index (χ2n) is 9.64. The van der Waals surface area contributed by atoms with Gasteiger partial charge in [-0.05, 0) is 54.8 Å². The molecule has 0 heterocycles. The van der Waals surface area contributed by atoms with Crippen LogP contribution in [0.4, 0.5) is 26.3 Å². The van der Waals surface area contributed by atoms with Crippen molar-refractivity contribution in [3.8, 4) is 0 Å². The Kier molecular flexibility index (Phi) is 10.6. The van der Waals surface area contributed by atoms with Gasteiger partial charge in [0, 0.05) is 5.56 Å². The van der Waals surface area contributed by atoms with Crippen molar-refractivity contribution in [2.75, 3.05) is 12.8 Å². The molecule has 2 nitrogen and oxygen atoms in total. The lowest BCUT2D eigenvalue weighted by molar-refractivity contribution is -0.143. The molecule has 0 saturated carbocycles. The molecule has 206 valence electrons. The summed E-state index contributed by atoms with van der Waals surface area (Å²) >= 11 is 0. The minimum absolute atomic E-state index is 0. The van der Waals surface area contributed by atoms with Crippen LogP contribution in [0.3, 0.4) is 0 Å². The van der Waals surface area contributed by atoms with Gasteiger partial charge in [-0.1, -0.05) is 50.2 Å². The van der Waals surface area contributed by atoms with Gasteiger partial charge in [0.15, 0.2) is 0 Å². The van der Waals surface area contributed by atoms with Crippen LogP contribution in [0.2, 0.25) is 0 Å². The topological polar surface area (TPSA) is 29.1 Å². The largest absolute Gasteiger partial charge is 1.00 e. The molecule has 0 spiro atoms. The third-order valence-electron chi connectivity index (χ3n) is 6.18. The molecule has 0 aromatic heterocycles. The second kappa shape index (κ2) is 12.6. The molecule has 3 aromatic rings. The van der Waals surface area contributed by atoms with Crippen molar-refractivity contribution < 1.29 is 48.1 Å². The van der Waals surface area contributed by atoms with Crippen molar-refractivity contribution in [1.82, 2.24) is 5.32 Å². The lowest BCUT2D eigenvalue weighted by Crippen LogP contribution is -3.00. The molecule has 0 fully saturated rings. The maximum Gasteiger partial charge on any atom is 0.416 e. The summed E-state index contributed by atoms with van der Waals surface area (Å²) in [4.78, 5) is 13.1. The van der Waals surface area contributed by atoms with E-state index in [2.05, 4.69) is 12.0 Å².